The predicted octanol–water partition coefficient (Wildman–Crippen LogP) is 3.32. The maximum Gasteiger partial charge on any atom is 0.124 e. The predicted molar refractivity (Wildman–Crippen MR) is 84.6 cm³/mol. The Morgan fingerprint density at radius 1 is 1.25 bits per heavy atom. The Morgan fingerprint density at radius 3 is 2.45 bits per heavy atom. The number of phenols is 1. The fourth-order valence-electron chi connectivity index (χ4n) is 3.29. The lowest BCUT2D eigenvalue weighted by Crippen LogP contribution is -2.52. The van der Waals surface area contributed by atoms with Crippen LogP contribution in [-0.4, -0.2) is 41.9 Å². The van der Waals surface area contributed by atoms with Crippen LogP contribution < -0.4 is 0 Å². The van der Waals surface area contributed by atoms with Gasteiger partial charge in [0.1, 0.15) is 5.75 Å². The van der Waals surface area contributed by atoms with E-state index in [2.05, 4.69) is 39.8 Å². The normalized spacial score (nSPS) is 29.4. The van der Waals surface area contributed by atoms with Crippen LogP contribution in [0.25, 0.3) is 0 Å². The second-order valence-electron chi connectivity index (χ2n) is 6.78. The molecule has 110 valence electrons. The molecule has 1 saturated carbocycles. The summed E-state index contributed by atoms with van der Waals surface area (Å²) in [5.74, 6) is 0.294. The summed E-state index contributed by atoms with van der Waals surface area (Å²) in [4.78, 5) is 7.10. The zero-order valence-corrected chi connectivity index (χ0v) is 13.2. The summed E-state index contributed by atoms with van der Waals surface area (Å²) in [6, 6.07) is 7.63. The summed E-state index contributed by atoms with van der Waals surface area (Å²) in [6.45, 7) is 6.92. The number of nitrogens with zero attached hydrogens (tertiary/aromatic N) is 2. The van der Waals surface area contributed by atoms with Gasteiger partial charge in [0.05, 0.1) is 6.04 Å². The first-order valence-corrected chi connectivity index (χ1v) is 7.27. The van der Waals surface area contributed by atoms with E-state index in [1.54, 1.807) is 6.07 Å². The van der Waals surface area contributed by atoms with Gasteiger partial charge in [-0.2, -0.15) is 0 Å². The first-order valence-electron chi connectivity index (χ1n) is 7.27. The summed E-state index contributed by atoms with van der Waals surface area (Å²) >= 11 is 0. The molecular formula is C17H26N2O. The quantitative estimate of drug-likeness (QED) is 0.858. The number of hydrogen-bond donors (Lipinski definition) is 1. The third kappa shape index (κ3) is 2.35. The molecule has 0 aromatic heterocycles. The smallest absolute Gasteiger partial charge is 0.124 e. The van der Waals surface area contributed by atoms with E-state index in [9.17, 15) is 5.11 Å². The van der Waals surface area contributed by atoms with Gasteiger partial charge in [-0.1, -0.05) is 26.0 Å². The van der Waals surface area contributed by atoms with Gasteiger partial charge in [-0.3, -0.25) is 4.99 Å². The van der Waals surface area contributed by atoms with Crippen LogP contribution in [-0.2, 0) is 0 Å². The van der Waals surface area contributed by atoms with Crippen molar-refractivity contribution in [3.8, 4) is 5.75 Å². The van der Waals surface area contributed by atoms with Gasteiger partial charge in [-0.15, -0.1) is 0 Å². The van der Waals surface area contributed by atoms with Crippen molar-refractivity contribution >= 4 is 6.21 Å². The van der Waals surface area contributed by atoms with Crippen LogP contribution in [0.4, 0.5) is 0 Å². The molecule has 1 aliphatic carbocycles. The van der Waals surface area contributed by atoms with E-state index >= 15 is 0 Å². The largest absolute Gasteiger partial charge is 0.507 e. The molecule has 0 saturated heterocycles. The number of aliphatic imine (C=N–C) groups is 1. The lowest BCUT2D eigenvalue weighted by atomic mass is 9.73. The van der Waals surface area contributed by atoms with Crippen molar-refractivity contribution in [1.29, 1.82) is 0 Å². The first-order chi connectivity index (χ1) is 9.29. The van der Waals surface area contributed by atoms with Crippen molar-refractivity contribution in [3.05, 3.63) is 29.8 Å². The molecule has 0 amide bonds. The number of benzene rings is 1. The van der Waals surface area contributed by atoms with Crippen LogP contribution in [0, 0.1) is 5.41 Å². The molecule has 0 spiro atoms. The number of hydrogen-bond acceptors (Lipinski definition) is 3. The topological polar surface area (TPSA) is 35.8 Å². The van der Waals surface area contributed by atoms with Gasteiger partial charge in [-0.25, -0.2) is 0 Å². The van der Waals surface area contributed by atoms with Crippen molar-refractivity contribution in [2.24, 2.45) is 10.4 Å². The third-order valence-electron chi connectivity index (χ3n) is 5.44. The van der Waals surface area contributed by atoms with E-state index < -0.39 is 0 Å². The second kappa shape index (κ2) is 5.21. The molecule has 0 aliphatic heterocycles. The van der Waals surface area contributed by atoms with Crippen molar-refractivity contribution in [2.45, 2.75) is 45.2 Å². The number of aromatic hydroxyl groups is 1. The van der Waals surface area contributed by atoms with E-state index in [4.69, 9.17) is 4.99 Å². The van der Waals surface area contributed by atoms with Crippen molar-refractivity contribution in [3.63, 3.8) is 0 Å². The summed E-state index contributed by atoms with van der Waals surface area (Å²) in [5.41, 5.74) is 1.06. The van der Waals surface area contributed by atoms with Gasteiger partial charge < -0.3 is 10.0 Å². The molecule has 1 aromatic carbocycles. The minimum Gasteiger partial charge on any atom is -0.507 e. The summed E-state index contributed by atoms with van der Waals surface area (Å²) < 4.78 is 0. The third-order valence-corrected chi connectivity index (χ3v) is 5.44. The lowest BCUT2D eigenvalue weighted by Gasteiger charge is -2.45. The molecule has 0 unspecified atom stereocenters. The molecule has 2 atom stereocenters. The number of rotatable bonds is 3. The van der Waals surface area contributed by atoms with Gasteiger partial charge in [0.15, 0.2) is 0 Å². The Balaban J connectivity index is 2.22. The Labute approximate surface area is 122 Å². The fraction of sp³-hybridized carbons (Fsp3) is 0.588. The first kappa shape index (κ1) is 15.0. The van der Waals surface area contributed by atoms with Crippen LogP contribution in [0.3, 0.4) is 0 Å². The molecule has 0 bridgehead atoms. The van der Waals surface area contributed by atoms with Gasteiger partial charge >= 0.3 is 0 Å². The molecule has 1 aromatic rings. The molecule has 1 fully saturated rings. The molecule has 0 radical (unpaired) electrons. The highest BCUT2D eigenvalue weighted by molar-refractivity contribution is 5.83. The van der Waals surface area contributed by atoms with Gasteiger partial charge in [0.2, 0.25) is 0 Å². The summed E-state index contributed by atoms with van der Waals surface area (Å²) in [7, 11) is 4.30. The van der Waals surface area contributed by atoms with Gasteiger partial charge in [0, 0.05) is 22.7 Å². The molecule has 20 heavy (non-hydrogen) atoms. The molecule has 3 heteroatoms. The highest BCUT2D eigenvalue weighted by Gasteiger charge is 2.52. The lowest BCUT2D eigenvalue weighted by molar-refractivity contribution is 0.0568. The monoisotopic (exact) mass is 274 g/mol. The highest BCUT2D eigenvalue weighted by Crippen LogP contribution is 2.50. The molecule has 1 aliphatic rings. The van der Waals surface area contributed by atoms with E-state index in [1.807, 2.05) is 24.4 Å². The highest BCUT2D eigenvalue weighted by atomic mass is 16.3. The van der Waals surface area contributed by atoms with Crippen LogP contribution in [0.2, 0.25) is 0 Å². The Bertz CT molecular complexity index is 507. The van der Waals surface area contributed by atoms with Crippen LogP contribution in [0.1, 0.15) is 39.2 Å². The molecule has 1 N–H and O–H groups in total. The SMILES string of the molecule is CN(C)[C@@]1(C)CC[C@H](N=Cc2ccccc2O)C1(C)C. The van der Waals surface area contributed by atoms with E-state index in [0.717, 1.165) is 18.4 Å². The van der Waals surface area contributed by atoms with E-state index in [-0.39, 0.29) is 17.0 Å². The van der Waals surface area contributed by atoms with Crippen LogP contribution in [0.5, 0.6) is 5.75 Å². The summed E-state index contributed by atoms with van der Waals surface area (Å²) in [5, 5.41) is 9.81. The zero-order chi connectivity index (χ0) is 15.0. The maximum absolute atomic E-state index is 9.81. The number of phenolic OH excluding ortho intramolecular Hbond substituents is 1. The number of para-hydroxylation sites is 1. The standard InChI is InChI=1S/C17H26N2O/c1-16(2)15(10-11-17(16,3)19(4)5)18-12-13-8-6-7-9-14(13)20/h6-9,12,15,20H,10-11H2,1-5H3/t15-,17-/m0/s1. The average molecular weight is 274 g/mol. The molecule has 2 rings (SSSR count). The van der Waals surface area contributed by atoms with Crippen molar-refractivity contribution < 1.29 is 5.11 Å². The minimum atomic E-state index is 0.109. The van der Waals surface area contributed by atoms with E-state index in [1.165, 1.54) is 0 Å². The van der Waals surface area contributed by atoms with Crippen molar-refractivity contribution in [1.82, 2.24) is 4.90 Å². The Hall–Kier alpha value is -1.35. The van der Waals surface area contributed by atoms with Crippen LogP contribution >= 0.6 is 0 Å². The van der Waals surface area contributed by atoms with Crippen molar-refractivity contribution in [2.75, 3.05) is 14.1 Å². The average Bonchev–Trinajstić information content (AvgIpc) is 2.61. The molecular weight excluding hydrogens is 248 g/mol. The van der Waals surface area contributed by atoms with E-state index in [0.29, 0.717) is 5.75 Å². The maximum atomic E-state index is 9.81. The van der Waals surface area contributed by atoms with Gasteiger partial charge in [-0.05, 0) is 46.0 Å². The Kier molecular flexibility index (Phi) is 3.92. The molecule has 0 heterocycles. The van der Waals surface area contributed by atoms with Crippen LogP contribution in [0.15, 0.2) is 29.3 Å². The minimum absolute atomic E-state index is 0.109. The zero-order valence-electron chi connectivity index (χ0n) is 13.2. The van der Waals surface area contributed by atoms with Gasteiger partial charge in [0.25, 0.3) is 0 Å². The second-order valence-corrected chi connectivity index (χ2v) is 6.78. The molecule has 3 nitrogen and oxygen atoms in total. The Morgan fingerprint density at radius 2 is 1.90 bits per heavy atom. The summed E-state index contributed by atoms with van der Waals surface area (Å²) in [6.07, 6.45) is 4.06. The fourth-order valence-corrected chi connectivity index (χ4v) is 3.29.